The van der Waals surface area contributed by atoms with Crippen molar-refractivity contribution in [2.24, 2.45) is 0 Å². The molecule has 1 atom stereocenters. The largest absolute Gasteiger partial charge is 0.349 e. The lowest BCUT2D eigenvalue weighted by molar-refractivity contribution is -0.123. The lowest BCUT2D eigenvalue weighted by Gasteiger charge is -2.14. The Balaban J connectivity index is 1.72. The molecule has 0 aliphatic carbocycles. The molecule has 6 nitrogen and oxygen atoms in total. The van der Waals surface area contributed by atoms with E-state index in [0.717, 1.165) is 21.6 Å². The van der Waals surface area contributed by atoms with Gasteiger partial charge in [-0.15, -0.1) is 5.10 Å². The molecule has 0 spiro atoms. The van der Waals surface area contributed by atoms with Crippen LogP contribution in [0.5, 0.6) is 0 Å². The van der Waals surface area contributed by atoms with Crippen LogP contribution in [0.15, 0.2) is 30.6 Å². The zero-order chi connectivity index (χ0) is 16.4. The number of hydrogen-bond donors (Lipinski definition) is 1. The lowest BCUT2D eigenvalue weighted by atomic mass is 10.1. The number of carbonyl (C=O) groups excluding carboxylic acids is 1. The van der Waals surface area contributed by atoms with Crippen molar-refractivity contribution in [3.63, 3.8) is 0 Å². The molecule has 0 radical (unpaired) electrons. The van der Waals surface area contributed by atoms with Gasteiger partial charge >= 0.3 is 0 Å². The minimum Gasteiger partial charge on any atom is -0.349 e. The van der Waals surface area contributed by atoms with E-state index in [4.69, 9.17) is 0 Å². The highest BCUT2D eigenvalue weighted by molar-refractivity contribution is 7.05. The summed E-state index contributed by atoms with van der Waals surface area (Å²) in [5.74, 6) is 0.256. The molecule has 120 valence electrons. The quantitative estimate of drug-likeness (QED) is 0.781. The smallest absolute Gasteiger partial charge is 0.243 e. The number of amides is 1. The summed E-state index contributed by atoms with van der Waals surface area (Å²) in [6.45, 7) is 6.48. The summed E-state index contributed by atoms with van der Waals surface area (Å²) in [6.07, 6.45) is 1.71. The molecule has 3 aromatic rings. The van der Waals surface area contributed by atoms with Gasteiger partial charge in [-0.25, -0.2) is 4.98 Å². The predicted molar refractivity (Wildman–Crippen MR) is 90.3 cm³/mol. The second-order valence-corrected chi connectivity index (χ2v) is 6.61. The van der Waals surface area contributed by atoms with Gasteiger partial charge in [-0.2, -0.15) is 0 Å². The Labute approximate surface area is 138 Å². The van der Waals surface area contributed by atoms with E-state index in [2.05, 4.69) is 33.7 Å². The van der Waals surface area contributed by atoms with E-state index < -0.39 is 0 Å². The average Bonchev–Trinajstić information content (AvgIpc) is 3.18. The van der Waals surface area contributed by atoms with E-state index in [9.17, 15) is 4.79 Å². The van der Waals surface area contributed by atoms with E-state index >= 15 is 0 Å². The first-order chi connectivity index (χ1) is 11.1. The normalized spacial score (nSPS) is 12.7. The molecule has 1 amide bonds. The molecule has 3 rings (SSSR count). The van der Waals surface area contributed by atoms with Crippen LogP contribution in [0.2, 0.25) is 0 Å². The Hall–Kier alpha value is -2.28. The van der Waals surface area contributed by atoms with Crippen molar-refractivity contribution < 1.29 is 4.79 Å². The van der Waals surface area contributed by atoms with Gasteiger partial charge in [0.1, 0.15) is 6.04 Å². The molecule has 2 aromatic heterocycles. The topological polar surface area (TPSA) is 72.7 Å². The monoisotopic (exact) mass is 329 g/mol. The van der Waals surface area contributed by atoms with Gasteiger partial charge in [-0.1, -0.05) is 30.5 Å². The van der Waals surface area contributed by atoms with Crippen LogP contribution >= 0.6 is 11.5 Å². The van der Waals surface area contributed by atoms with Crippen LogP contribution in [0.25, 0.3) is 11.0 Å². The summed E-state index contributed by atoms with van der Waals surface area (Å²) in [5, 5.41) is 7.11. The van der Waals surface area contributed by atoms with Gasteiger partial charge in [0.05, 0.1) is 34.5 Å². The van der Waals surface area contributed by atoms with Crippen molar-refractivity contribution in [1.82, 2.24) is 24.5 Å². The molecule has 1 N–H and O–H groups in total. The van der Waals surface area contributed by atoms with Gasteiger partial charge in [-0.3, -0.25) is 4.79 Å². The number of benzene rings is 1. The van der Waals surface area contributed by atoms with Crippen molar-refractivity contribution in [3.8, 4) is 0 Å². The maximum atomic E-state index is 12.5. The number of nitrogens with zero attached hydrogens (tertiary/aromatic N) is 4. The van der Waals surface area contributed by atoms with Gasteiger partial charge < -0.3 is 9.88 Å². The average molecular weight is 329 g/mol. The van der Waals surface area contributed by atoms with Gasteiger partial charge in [0.15, 0.2) is 0 Å². The maximum Gasteiger partial charge on any atom is 0.243 e. The number of fused-ring (bicyclic) bond motifs is 1. The summed E-state index contributed by atoms with van der Waals surface area (Å²) in [5.41, 5.74) is 2.80. The van der Waals surface area contributed by atoms with E-state index in [1.54, 1.807) is 6.33 Å². The van der Waals surface area contributed by atoms with Crippen LogP contribution < -0.4 is 5.32 Å². The van der Waals surface area contributed by atoms with Crippen LogP contribution in [-0.4, -0.2) is 25.0 Å². The molecule has 1 aromatic carbocycles. The highest BCUT2D eigenvalue weighted by Crippen LogP contribution is 2.20. The molecule has 2 heterocycles. The van der Waals surface area contributed by atoms with Crippen LogP contribution in [0.1, 0.15) is 43.3 Å². The molecule has 0 saturated heterocycles. The Kier molecular flexibility index (Phi) is 4.38. The molecule has 0 aliphatic rings. The third kappa shape index (κ3) is 3.10. The number of aromatic nitrogens is 4. The fourth-order valence-corrected chi connectivity index (χ4v) is 3.24. The minimum absolute atomic E-state index is 0.0451. The standard InChI is InChI=1S/C16H19N5OS/c1-10(2)15-14(23-20-19-15)8-17-16(22)11(3)21-9-18-12-6-4-5-7-13(12)21/h4-7,9-11H,8H2,1-3H3,(H,17,22). The zero-order valence-electron chi connectivity index (χ0n) is 13.4. The predicted octanol–water partition coefficient (Wildman–Crippen LogP) is 2.89. The maximum absolute atomic E-state index is 12.5. The molecule has 1 unspecified atom stereocenters. The van der Waals surface area contributed by atoms with Crippen LogP contribution in [0.4, 0.5) is 0 Å². The number of carbonyl (C=O) groups is 1. The Morgan fingerprint density at radius 1 is 1.30 bits per heavy atom. The van der Waals surface area contributed by atoms with E-state index in [1.165, 1.54) is 11.5 Å². The van der Waals surface area contributed by atoms with Crippen molar-refractivity contribution in [3.05, 3.63) is 41.2 Å². The third-order valence-corrected chi connectivity index (χ3v) is 4.57. The van der Waals surface area contributed by atoms with Crippen molar-refractivity contribution in [2.75, 3.05) is 0 Å². The molecule has 23 heavy (non-hydrogen) atoms. The third-order valence-electron chi connectivity index (χ3n) is 3.83. The van der Waals surface area contributed by atoms with Crippen molar-refractivity contribution in [2.45, 2.75) is 39.3 Å². The number of nitrogens with one attached hydrogen (secondary N) is 1. The summed E-state index contributed by atoms with van der Waals surface area (Å²) in [6, 6.07) is 7.47. The number of rotatable bonds is 5. The summed E-state index contributed by atoms with van der Waals surface area (Å²) >= 11 is 1.34. The Morgan fingerprint density at radius 2 is 2.09 bits per heavy atom. The highest BCUT2D eigenvalue weighted by Gasteiger charge is 2.18. The lowest BCUT2D eigenvalue weighted by Crippen LogP contribution is -2.30. The SMILES string of the molecule is CC(C)c1nnsc1CNC(=O)C(C)n1cnc2ccccc21. The summed E-state index contributed by atoms with van der Waals surface area (Å²) < 4.78 is 5.87. The Bertz CT molecular complexity index is 823. The van der Waals surface area contributed by atoms with Crippen LogP contribution in [0, 0.1) is 0 Å². The number of hydrogen-bond acceptors (Lipinski definition) is 5. The van der Waals surface area contributed by atoms with Crippen molar-refractivity contribution >= 4 is 28.5 Å². The molecular formula is C16H19N5OS. The van der Waals surface area contributed by atoms with E-state index in [-0.39, 0.29) is 11.9 Å². The second-order valence-electron chi connectivity index (χ2n) is 5.77. The fraction of sp³-hybridized carbons (Fsp3) is 0.375. The molecular weight excluding hydrogens is 310 g/mol. The molecule has 0 fully saturated rings. The van der Waals surface area contributed by atoms with Crippen molar-refractivity contribution in [1.29, 1.82) is 0 Å². The highest BCUT2D eigenvalue weighted by atomic mass is 32.1. The number of para-hydroxylation sites is 2. The van der Waals surface area contributed by atoms with E-state index in [1.807, 2.05) is 35.8 Å². The summed E-state index contributed by atoms with van der Waals surface area (Å²) in [4.78, 5) is 17.8. The van der Waals surface area contributed by atoms with Crippen LogP contribution in [-0.2, 0) is 11.3 Å². The number of imidazole rings is 1. The Morgan fingerprint density at radius 3 is 2.87 bits per heavy atom. The van der Waals surface area contributed by atoms with Gasteiger partial charge in [-0.05, 0) is 36.5 Å². The van der Waals surface area contributed by atoms with Gasteiger partial charge in [0.2, 0.25) is 5.91 Å². The first-order valence-corrected chi connectivity index (χ1v) is 8.35. The first-order valence-electron chi connectivity index (χ1n) is 7.58. The molecule has 0 aliphatic heterocycles. The molecule has 7 heteroatoms. The molecule has 0 saturated carbocycles. The zero-order valence-corrected chi connectivity index (χ0v) is 14.2. The minimum atomic E-state index is -0.328. The fourth-order valence-electron chi connectivity index (χ4n) is 2.50. The molecule has 0 bridgehead atoms. The first kappa shape index (κ1) is 15.6. The van der Waals surface area contributed by atoms with Gasteiger partial charge in [0.25, 0.3) is 0 Å². The van der Waals surface area contributed by atoms with Crippen LogP contribution in [0.3, 0.4) is 0 Å². The van der Waals surface area contributed by atoms with E-state index in [0.29, 0.717) is 12.5 Å². The summed E-state index contributed by atoms with van der Waals surface area (Å²) in [7, 11) is 0. The van der Waals surface area contributed by atoms with Gasteiger partial charge in [0, 0.05) is 0 Å². The second kappa shape index (κ2) is 6.45.